The summed E-state index contributed by atoms with van der Waals surface area (Å²) in [5.74, 6) is 0.279. The zero-order valence-electron chi connectivity index (χ0n) is 15.8. The molecule has 0 bridgehead atoms. The number of rotatable bonds is 6. The van der Waals surface area contributed by atoms with Crippen LogP contribution in [0.15, 0.2) is 64.0 Å². The number of carbonyl (C=O) groups is 1. The van der Waals surface area contributed by atoms with E-state index >= 15 is 0 Å². The zero-order valence-corrected chi connectivity index (χ0v) is 18.2. The van der Waals surface area contributed by atoms with Crippen LogP contribution in [0.3, 0.4) is 0 Å². The zero-order chi connectivity index (χ0) is 20.1. The number of carbonyl (C=O) groups excluding carboxylic acids is 1. The van der Waals surface area contributed by atoms with E-state index in [9.17, 15) is 13.2 Å². The molecule has 2 aromatic carbocycles. The van der Waals surface area contributed by atoms with Gasteiger partial charge in [0.1, 0.15) is 0 Å². The van der Waals surface area contributed by atoms with E-state index in [2.05, 4.69) is 45.5 Å². The molecule has 0 atom stereocenters. The molecule has 1 saturated carbocycles. The molecule has 0 heterocycles. The molecule has 150 valence electrons. The largest absolute Gasteiger partial charge is 0.352 e. The second kappa shape index (κ2) is 9.20. The third-order valence-corrected chi connectivity index (χ3v) is 7.60. The molecule has 0 saturated heterocycles. The van der Waals surface area contributed by atoms with E-state index in [4.69, 9.17) is 0 Å². The van der Waals surface area contributed by atoms with Crippen molar-refractivity contribution < 1.29 is 13.2 Å². The molecule has 7 heteroatoms. The van der Waals surface area contributed by atoms with Crippen LogP contribution in [0.5, 0.6) is 0 Å². The Hall–Kier alpha value is -1.70. The highest BCUT2D eigenvalue weighted by atomic mass is 79.9. The van der Waals surface area contributed by atoms with E-state index in [0.717, 1.165) is 34.5 Å². The third-order valence-electron chi connectivity index (χ3n) is 5.25. The number of likely N-dealkylation sites (N-methyl/N-ethyl adjacent to an activating group) is 1. The fraction of sp³-hybridized carbons (Fsp3) is 0.381. The monoisotopic (exact) mass is 464 g/mol. The van der Waals surface area contributed by atoms with Gasteiger partial charge in [0.2, 0.25) is 15.9 Å². The minimum Gasteiger partial charge on any atom is -0.352 e. The van der Waals surface area contributed by atoms with Crippen LogP contribution in [0.2, 0.25) is 0 Å². The molecule has 0 unspecified atom stereocenters. The summed E-state index contributed by atoms with van der Waals surface area (Å²) in [6, 6.07) is 17.0. The number of halogens is 1. The topological polar surface area (TPSA) is 66.5 Å². The van der Waals surface area contributed by atoms with Crippen molar-refractivity contribution in [3.63, 3.8) is 0 Å². The summed E-state index contributed by atoms with van der Waals surface area (Å²) in [7, 11) is -2.25. The van der Waals surface area contributed by atoms with Crippen molar-refractivity contribution in [2.45, 2.75) is 42.5 Å². The van der Waals surface area contributed by atoms with Crippen LogP contribution in [-0.2, 0) is 14.8 Å². The summed E-state index contributed by atoms with van der Waals surface area (Å²) >= 11 is 3.29. The lowest BCUT2D eigenvalue weighted by Crippen LogP contribution is -2.43. The summed E-state index contributed by atoms with van der Waals surface area (Å²) in [6.07, 6.45) is 3.88. The molecule has 0 aliphatic heterocycles. The van der Waals surface area contributed by atoms with Gasteiger partial charge >= 0.3 is 0 Å². The number of amides is 1. The van der Waals surface area contributed by atoms with Gasteiger partial charge in [0.25, 0.3) is 0 Å². The van der Waals surface area contributed by atoms with Gasteiger partial charge in [0.05, 0.1) is 11.4 Å². The number of sulfonamides is 1. The Morgan fingerprint density at radius 3 is 2.25 bits per heavy atom. The summed E-state index contributed by atoms with van der Waals surface area (Å²) in [5, 5.41) is 3.00. The molecule has 3 rings (SSSR count). The predicted molar refractivity (Wildman–Crippen MR) is 114 cm³/mol. The molecule has 2 aromatic rings. The average Bonchev–Trinajstić information content (AvgIpc) is 2.69. The fourth-order valence-corrected chi connectivity index (χ4v) is 5.03. The van der Waals surface area contributed by atoms with Gasteiger partial charge in [0.15, 0.2) is 0 Å². The van der Waals surface area contributed by atoms with Crippen LogP contribution in [0, 0.1) is 0 Å². The van der Waals surface area contributed by atoms with Crippen LogP contribution in [-0.4, -0.2) is 38.3 Å². The predicted octanol–water partition coefficient (Wildman–Crippen LogP) is 3.91. The molecule has 5 nitrogen and oxygen atoms in total. The molecule has 1 aliphatic carbocycles. The molecule has 0 radical (unpaired) electrons. The molecule has 0 spiro atoms. The summed E-state index contributed by atoms with van der Waals surface area (Å²) in [5.41, 5.74) is 1.35. The lowest BCUT2D eigenvalue weighted by molar-refractivity contribution is -0.122. The molecule has 1 amide bonds. The van der Waals surface area contributed by atoms with Crippen molar-refractivity contribution in [1.82, 2.24) is 9.62 Å². The van der Waals surface area contributed by atoms with E-state index in [1.807, 2.05) is 6.07 Å². The molecule has 1 N–H and O–H groups in total. The van der Waals surface area contributed by atoms with Gasteiger partial charge in [-0.3, -0.25) is 4.79 Å². The molecule has 0 aromatic heterocycles. The standard InChI is InChI=1S/C21H25BrN2O3S/c1-24(28(26,27)20-13-9-18(22)10-14-20)15-21(25)23-19-11-7-17(8-12-19)16-5-3-2-4-6-16/h2-6,9-10,13-14,17,19H,7-8,11-12,15H2,1H3,(H,23,25). The van der Waals surface area contributed by atoms with Crippen LogP contribution in [0.4, 0.5) is 0 Å². The first-order valence-corrected chi connectivity index (χ1v) is 11.7. The Labute approximate surface area is 175 Å². The highest BCUT2D eigenvalue weighted by Crippen LogP contribution is 2.32. The fourth-order valence-electron chi connectivity index (χ4n) is 3.64. The maximum Gasteiger partial charge on any atom is 0.243 e. The van der Waals surface area contributed by atoms with Gasteiger partial charge in [-0.05, 0) is 61.4 Å². The van der Waals surface area contributed by atoms with Gasteiger partial charge in [-0.25, -0.2) is 8.42 Å². The molecular formula is C21H25BrN2O3S. The van der Waals surface area contributed by atoms with Crippen LogP contribution in [0.25, 0.3) is 0 Å². The lowest BCUT2D eigenvalue weighted by atomic mass is 9.82. The van der Waals surface area contributed by atoms with Crippen LogP contribution in [0.1, 0.15) is 37.2 Å². The van der Waals surface area contributed by atoms with Gasteiger partial charge in [0, 0.05) is 17.6 Å². The Morgan fingerprint density at radius 2 is 1.64 bits per heavy atom. The van der Waals surface area contributed by atoms with Crippen molar-refractivity contribution in [3.8, 4) is 0 Å². The van der Waals surface area contributed by atoms with E-state index < -0.39 is 10.0 Å². The molecule has 1 aliphatic rings. The summed E-state index contributed by atoms with van der Waals surface area (Å²) in [6.45, 7) is -0.184. The maximum absolute atomic E-state index is 12.6. The number of hydrogen-bond acceptors (Lipinski definition) is 3. The molecular weight excluding hydrogens is 440 g/mol. The Balaban J connectivity index is 1.51. The number of hydrogen-bond donors (Lipinski definition) is 1. The first-order chi connectivity index (χ1) is 13.4. The summed E-state index contributed by atoms with van der Waals surface area (Å²) < 4.78 is 27.1. The highest BCUT2D eigenvalue weighted by Gasteiger charge is 2.26. The van der Waals surface area contributed by atoms with E-state index in [1.165, 1.54) is 24.7 Å². The van der Waals surface area contributed by atoms with E-state index in [-0.39, 0.29) is 23.4 Å². The Kier molecular flexibility index (Phi) is 6.91. The van der Waals surface area contributed by atoms with Crippen molar-refractivity contribution in [2.75, 3.05) is 13.6 Å². The van der Waals surface area contributed by atoms with Gasteiger partial charge in [-0.2, -0.15) is 4.31 Å². The van der Waals surface area contributed by atoms with Gasteiger partial charge < -0.3 is 5.32 Å². The van der Waals surface area contributed by atoms with Crippen molar-refractivity contribution >= 4 is 31.9 Å². The van der Waals surface area contributed by atoms with E-state index in [1.54, 1.807) is 12.1 Å². The Bertz CT molecular complexity index is 893. The molecule has 1 fully saturated rings. The second-order valence-electron chi connectivity index (χ2n) is 7.24. The minimum atomic E-state index is -3.68. The Morgan fingerprint density at radius 1 is 1.04 bits per heavy atom. The van der Waals surface area contributed by atoms with Crippen LogP contribution >= 0.6 is 15.9 Å². The summed E-state index contributed by atoms with van der Waals surface area (Å²) in [4.78, 5) is 12.6. The van der Waals surface area contributed by atoms with Gasteiger partial charge in [-0.1, -0.05) is 46.3 Å². The average molecular weight is 465 g/mol. The third kappa shape index (κ3) is 5.21. The first-order valence-electron chi connectivity index (χ1n) is 9.42. The number of nitrogens with zero attached hydrogens (tertiary/aromatic N) is 1. The van der Waals surface area contributed by atoms with Crippen molar-refractivity contribution in [1.29, 1.82) is 0 Å². The van der Waals surface area contributed by atoms with Crippen molar-refractivity contribution in [2.24, 2.45) is 0 Å². The van der Waals surface area contributed by atoms with Crippen LogP contribution < -0.4 is 5.32 Å². The van der Waals surface area contributed by atoms with Gasteiger partial charge in [-0.15, -0.1) is 0 Å². The maximum atomic E-state index is 12.6. The second-order valence-corrected chi connectivity index (χ2v) is 10.2. The first kappa shape index (κ1) is 21.0. The smallest absolute Gasteiger partial charge is 0.243 e. The number of benzene rings is 2. The SMILES string of the molecule is CN(CC(=O)NC1CCC(c2ccccc2)CC1)S(=O)(=O)c1ccc(Br)cc1. The highest BCUT2D eigenvalue weighted by molar-refractivity contribution is 9.10. The van der Waals surface area contributed by atoms with Crippen molar-refractivity contribution in [3.05, 3.63) is 64.6 Å². The van der Waals surface area contributed by atoms with E-state index in [0.29, 0.717) is 5.92 Å². The lowest BCUT2D eigenvalue weighted by Gasteiger charge is -2.30. The molecule has 28 heavy (non-hydrogen) atoms. The number of nitrogens with one attached hydrogen (secondary N) is 1. The minimum absolute atomic E-state index is 0.108. The quantitative estimate of drug-likeness (QED) is 0.704. The normalized spacial score (nSPS) is 20.1.